The Kier molecular flexibility index (Phi) is 4.62. The van der Waals surface area contributed by atoms with Crippen LogP contribution in [0.15, 0.2) is 72.8 Å². The van der Waals surface area contributed by atoms with Crippen LogP contribution < -0.4 is 9.05 Å². The average Bonchev–Trinajstić information content (AvgIpc) is 3.45. The zero-order valence-corrected chi connectivity index (χ0v) is 21.3. The van der Waals surface area contributed by atoms with Gasteiger partial charge in [0.2, 0.25) is 0 Å². The van der Waals surface area contributed by atoms with E-state index in [0.29, 0.717) is 11.5 Å². The molecule has 5 heteroatoms. The Morgan fingerprint density at radius 2 is 1.14 bits per heavy atom. The first kappa shape index (κ1) is 21.9. The highest BCUT2D eigenvalue weighted by Gasteiger charge is 2.53. The largest absolute Gasteiger partial charge is 0.584 e. The van der Waals surface area contributed by atoms with Crippen LogP contribution in [-0.2, 0) is 22.8 Å². The van der Waals surface area contributed by atoms with Gasteiger partial charge in [-0.05, 0) is 85.0 Å². The van der Waals surface area contributed by atoms with Crippen molar-refractivity contribution in [2.45, 2.75) is 44.9 Å². The summed E-state index contributed by atoms with van der Waals surface area (Å²) in [6.45, 7) is 4.30. The van der Waals surface area contributed by atoms with E-state index in [1.54, 1.807) is 0 Å². The van der Waals surface area contributed by atoms with E-state index in [1.165, 1.54) is 22.3 Å². The molecule has 1 aliphatic heterocycles. The lowest BCUT2D eigenvalue weighted by atomic mass is 9.73. The topological polar surface area (TPSA) is 55.8 Å². The van der Waals surface area contributed by atoms with Gasteiger partial charge in [-0.1, -0.05) is 60.7 Å². The summed E-state index contributed by atoms with van der Waals surface area (Å²) in [5.74, 6) is 1.01. The second-order valence-corrected chi connectivity index (χ2v) is 11.6. The average molecular weight is 495 g/mol. The summed E-state index contributed by atoms with van der Waals surface area (Å²) < 4.78 is 25.8. The van der Waals surface area contributed by atoms with Crippen LogP contribution in [0.3, 0.4) is 0 Å². The van der Waals surface area contributed by atoms with Gasteiger partial charge in [-0.15, -0.1) is 0 Å². The summed E-state index contributed by atoms with van der Waals surface area (Å²) in [5.41, 5.74) is 10.4. The SMILES string of the molecule is Cc1cc(-c2ccccc2)c2c3c1CCC31CCc3c(C)cc(-c4ccccc4)c(c31)OP(=O)(O)O2. The molecule has 0 unspecified atom stereocenters. The molecule has 0 atom stereocenters. The molecule has 0 saturated carbocycles. The minimum atomic E-state index is -4.49. The molecule has 4 nitrogen and oxygen atoms in total. The van der Waals surface area contributed by atoms with E-state index in [1.807, 2.05) is 60.7 Å². The molecule has 36 heavy (non-hydrogen) atoms. The number of phosphoric ester groups is 1. The molecular weight excluding hydrogens is 467 g/mol. The molecule has 3 aliphatic rings. The Morgan fingerprint density at radius 3 is 1.56 bits per heavy atom. The van der Waals surface area contributed by atoms with E-state index in [4.69, 9.17) is 9.05 Å². The highest BCUT2D eigenvalue weighted by molar-refractivity contribution is 7.48. The van der Waals surface area contributed by atoms with Crippen molar-refractivity contribution in [1.29, 1.82) is 0 Å². The summed E-state index contributed by atoms with van der Waals surface area (Å²) >= 11 is 0. The molecule has 4 aromatic carbocycles. The second kappa shape index (κ2) is 7.59. The van der Waals surface area contributed by atoms with Crippen LogP contribution in [-0.4, -0.2) is 4.89 Å². The van der Waals surface area contributed by atoms with E-state index < -0.39 is 7.82 Å². The second-order valence-electron chi connectivity index (χ2n) is 10.3. The number of phosphoric acid groups is 1. The van der Waals surface area contributed by atoms with Gasteiger partial charge in [-0.2, -0.15) is 0 Å². The molecule has 0 aromatic heterocycles. The molecule has 1 heterocycles. The van der Waals surface area contributed by atoms with E-state index >= 15 is 0 Å². The maximum absolute atomic E-state index is 13.7. The molecule has 2 aliphatic carbocycles. The molecule has 4 aromatic rings. The van der Waals surface area contributed by atoms with Gasteiger partial charge < -0.3 is 9.05 Å². The molecule has 0 radical (unpaired) electrons. The fraction of sp³-hybridized carbons (Fsp3) is 0.226. The van der Waals surface area contributed by atoms with Crippen LogP contribution in [0.25, 0.3) is 22.3 Å². The van der Waals surface area contributed by atoms with Crippen molar-refractivity contribution in [3.63, 3.8) is 0 Å². The van der Waals surface area contributed by atoms with E-state index in [0.717, 1.165) is 59.1 Å². The smallest absolute Gasteiger partial charge is 0.394 e. The molecular formula is C31H27O4P. The van der Waals surface area contributed by atoms with Gasteiger partial charge in [0.05, 0.1) is 0 Å². The minimum Gasteiger partial charge on any atom is -0.394 e. The normalized spacial score (nSPS) is 17.9. The van der Waals surface area contributed by atoms with Crippen molar-refractivity contribution in [3.05, 3.63) is 106 Å². The third kappa shape index (κ3) is 3.01. The number of hydrogen-bond donors (Lipinski definition) is 1. The minimum absolute atomic E-state index is 0.305. The first-order chi connectivity index (χ1) is 17.4. The highest BCUT2D eigenvalue weighted by Crippen LogP contribution is 2.66. The van der Waals surface area contributed by atoms with Gasteiger partial charge in [0, 0.05) is 27.7 Å². The van der Waals surface area contributed by atoms with Gasteiger partial charge >= 0.3 is 7.82 Å². The van der Waals surface area contributed by atoms with E-state index in [9.17, 15) is 9.46 Å². The fourth-order valence-electron chi connectivity index (χ4n) is 6.86. The monoisotopic (exact) mass is 494 g/mol. The van der Waals surface area contributed by atoms with Gasteiger partial charge in [-0.25, -0.2) is 4.57 Å². The fourth-order valence-corrected chi connectivity index (χ4v) is 7.74. The molecule has 0 fully saturated rings. The number of rotatable bonds is 2. The van der Waals surface area contributed by atoms with E-state index in [2.05, 4.69) is 26.0 Å². The summed E-state index contributed by atoms with van der Waals surface area (Å²) in [4.78, 5) is 11.2. The zero-order chi connectivity index (χ0) is 24.7. The Hall–Kier alpha value is -3.33. The predicted molar refractivity (Wildman–Crippen MR) is 142 cm³/mol. The van der Waals surface area contributed by atoms with Crippen molar-refractivity contribution in [3.8, 4) is 33.8 Å². The summed E-state index contributed by atoms with van der Waals surface area (Å²) in [6, 6.07) is 24.2. The highest BCUT2D eigenvalue weighted by atomic mass is 31.2. The molecule has 1 N–H and O–H groups in total. The lowest BCUT2D eigenvalue weighted by Crippen LogP contribution is -2.25. The molecule has 0 bridgehead atoms. The quantitative estimate of drug-likeness (QED) is 0.290. The Morgan fingerprint density at radius 1 is 0.722 bits per heavy atom. The Bertz CT molecular complexity index is 1470. The first-order valence-electron chi connectivity index (χ1n) is 12.5. The first-order valence-corrected chi connectivity index (χ1v) is 14.0. The summed E-state index contributed by atoms with van der Waals surface area (Å²) in [6.07, 6.45) is 3.70. The number of hydrogen-bond acceptors (Lipinski definition) is 3. The predicted octanol–water partition coefficient (Wildman–Crippen LogP) is 7.69. The third-order valence-electron chi connectivity index (χ3n) is 8.36. The van der Waals surface area contributed by atoms with E-state index in [-0.39, 0.29) is 5.41 Å². The zero-order valence-electron chi connectivity index (χ0n) is 20.4. The maximum atomic E-state index is 13.7. The summed E-state index contributed by atoms with van der Waals surface area (Å²) in [5, 5.41) is 0. The Labute approximate surface area is 211 Å². The van der Waals surface area contributed by atoms with Gasteiger partial charge in [-0.3, -0.25) is 4.89 Å². The lowest BCUT2D eigenvalue weighted by molar-refractivity contribution is 0.281. The van der Waals surface area contributed by atoms with Crippen LogP contribution in [0.1, 0.15) is 46.2 Å². The standard InChI is InChI=1S/C31H27O4P/c1-19-17-25(21-9-5-3-6-10-21)29-27-23(19)13-15-31(27)16-14-24-20(2)18-26(22-11-7-4-8-12-22)30(28(24)31)35-36(32,33)34-29/h3-12,17-18H,13-16H2,1-2H3,(H,32,33). The number of aryl methyl sites for hydroxylation is 2. The van der Waals surface area contributed by atoms with Crippen molar-refractivity contribution in [2.24, 2.45) is 0 Å². The Balaban J connectivity index is 1.61. The van der Waals surface area contributed by atoms with Crippen molar-refractivity contribution in [2.75, 3.05) is 0 Å². The molecule has 0 amide bonds. The molecule has 7 rings (SSSR count). The van der Waals surface area contributed by atoms with Crippen LogP contribution in [0.4, 0.5) is 0 Å². The van der Waals surface area contributed by atoms with Crippen molar-refractivity contribution >= 4 is 7.82 Å². The summed E-state index contributed by atoms with van der Waals surface area (Å²) in [7, 11) is -4.49. The lowest BCUT2D eigenvalue weighted by Gasteiger charge is -2.35. The van der Waals surface area contributed by atoms with Crippen molar-refractivity contribution < 1.29 is 18.5 Å². The van der Waals surface area contributed by atoms with Gasteiger partial charge in [0.15, 0.2) is 0 Å². The van der Waals surface area contributed by atoms with Crippen LogP contribution in [0, 0.1) is 13.8 Å². The van der Waals surface area contributed by atoms with Crippen molar-refractivity contribution in [1.82, 2.24) is 0 Å². The third-order valence-corrected chi connectivity index (χ3v) is 9.19. The molecule has 0 saturated heterocycles. The molecule has 180 valence electrons. The van der Waals surface area contributed by atoms with Crippen LogP contribution in [0.2, 0.25) is 0 Å². The molecule has 1 spiro atoms. The maximum Gasteiger partial charge on any atom is 0.584 e. The number of benzene rings is 4. The van der Waals surface area contributed by atoms with Gasteiger partial charge in [0.1, 0.15) is 11.5 Å². The van der Waals surface area contributed by atoms with Crippen LogP contribution in [0.5, 0.6) is 11.5 Å². The van der Waals surface area contributed by atoms with Crippen LogP contribution >= 0.6 is 7.82 Å². The van der Waals surface area contributed by atoms with Gasteiger partial charge in [0.25, 0.3) is 0 Å².